The van der Waals surface area contributed by atoms with Crippen LogP contribution in [0.25, 0.3) is 0 Å². The highest BCUT2D eigenvalue weighted by Crippen LogP contribution is 2.25. The molecule has 20 heavy (non-hydrogen) atoms. The van der Waals surface area contributed by atoms with Crippen LogP contribution in [-0.2, 0) is 7.05 Å². The van der Waals surface area contributed by atoms with Crippen molar-refractivity contribution < 1.29 is 19.4 Å². The number of halogens is 1. The van der Waals surface area contributed by atoms with E-state index in [4.69, 9.17) is 21.4 Å². The Bertz CT molecular complexity index is 690. The first kappa shape index (κ1) is 14.1. The fourth-order valence-corrected chi connectivity index (χ4v) is 2.09. The van der Waals surface area contributed by atoms with Gasteiger partial charge in [-0.25, -0.2) is 4.79 Å². The Labute approximate surface area is 120 Å². The van der Waals surface area contributed by atoms with Gasteiger partial charge >= 0.3 is 5.97 Å². The number of aryl methyl sites for hydroxylation is 1. The Morgan fingerprint density at radius 2 is 2.00 bits per heavy atom. The van der Waals surface area contributed by atoms with E-state index in [2.05, 4.69) is 0 Å². The van der Waals surface area contributed by atoms with Crippen LogP contribution in [0, 0.1) is 0 Å². The van der Waals surface area contributed by atoms with Gasteiger partial charge in [0, 0.05) is 23.8 Å². The molecule has 5 nitrogen and oxygen atoms in total. The van der Waals surface area contributed by atoms with E-state index in [0.29, 0.717) is 16.3 Å². The third-order valence-electron chi connectivity index (χ3n) is 2.89. The van der Waals surface area contributed by atoms with E-state index in [-0.39, 0.29) is 17.0 Å². The van der Waals surface area contributed by atoms with E-state index >= 15 is 0 Å². The van der Waals surface area contributed by atoms with Crippen LogP contribution in [0.1, 0.15) is 26.4 Å². The van der Waals surface area contributed by atoms with E-state index in [9.17, 15) is 9.59 Å². The van der Waals surface area contributed by atoms with E-state index < -0.39 is 5.97 Å². The van der Waals surface area contributed by atoms with Crippen LogP contribution in [0.5, 0.6) is 5.75 Å². The van der Waals surface area contributed by atoms with Gasteiger partial charge < -0.3 is 14.4 Å². The minimum absolute atomic E-state index is 0.0364. The Morgan fingerprint density at radius 1 is 1.30 bits per heavy atom. The molecule has 0 atom stereocenters. The van der Waals surface area contributed by atoms with Gasteiger partial charge in [-0.3, -0.25) is 4.79 Å². The molecule has 104 valence electrons. The van der Waals surface area contributed by atoms with Crippen molar-refractivity contribution in [1.82, 2.24) is 4.57 Å². The number of hydrogen-bond donors (Lipinski definition) is 1. The van der Waals surface area contributed by atoms with Crippen molar-refractivity contribution in [3.63, 3.8) is 0 Å². The first-order valence-electron chi connectivity index (χ1n) is 5.72. The van der Waals surface area contributed by atoms with Crippen molar-refractivity contribution >= 4 is 23.4 Å². The van der Waals surface area contributed by atoms with Crippen LogP contribution in [0.15, 0.2) is 30.5 Å². The third-order valence-corrected chi connectivity index (χ3v) is 3.13. The molecule has 0 saturated heterocycles. The van der Waals surface area contributed by atoms with Crippen molar-refractivity contribution in [1.29, 1.82) is 0 Å². The number of carbonyl (C=O) groups excluding carboxylic acids is 1. The monoisotopic (exact) mass is 293 g/mol. The molecule has 2 aromatic rings. The Hall–Kier alpha value is -2.27. The average molecular weight is 294 g/mol. The number of ether oxygens (including phenoxy) is 1. The average Bonchev–Trinajstić information content (AvgIpc) is 2.80. The molecule has 2 rings (SSSR count). The van der Waals surface area contributed by atoms with Gasteiger partial charge in [0.1, 0.15) is 11.4 Å². The van der Waals surface area contributed by atoms with Crippen LogP contribution in [-0.4, -0.2) is 28.5 Å². The number of carboxylic acids is 1. The Morgan fingerprint density at radius 3 is 2.55 bits per heavy atom. The minimum Gasteiger partial charge on any atom is -0.496 e. The van der Waals surface area contributed by atoms with Crippen LogP contribution in [0.2, 0.25) is 5.02 Å². The summed E-state index contributed by atoms with van der Waals surface area (Å²) in [6.45, 7) is 0. The number of hydrogen-bond acceptors (Lipinski definition) is 3. The second-order valence-corrected chi connectivity index (χ2v) is 4.64. The number of aromatic nitrogens is 1. The fourth-order valence-electron chi connectivity index (χ4n) is 1.91. The normalized spacial score (nSPS) is 10.3. The first-order chi connectivity index (χ1) is 9.43. The van der Waals surface area contributed by atoms with E-state index in [1.807, 2.05) is 0 Å². The lowest BCUT2D eigenvalue weighted by molar-refractivity contribution is 0.0686. The zero-order chi connectivity index (χ0) is 14.9. The summed E-state index contributed by atoms with van der Waals surface area (Å²) in [6, 6.07) is 6.03. The maximum absolute atomic E-state index is 12.4. The standard InChI is InChI=1S/C14H12ClNO4/c1-16-7-8(5-11(16)14(18)19)13(17)10-6-9(15)3-4-12(10)20-2/h3-7H,1-2H3,(H,18,19). The lowest BCUT2D eigenvalue weighted by atomic mass is 10.0. The number of ketones is 1. The highest BCUT2D eigenvalue weighted by Gasteiger charge is 2.19. The van der Waals surface area contributed by atoms with Gasteiger partial charge in [-0.05, 0) is 24.3 Å². The molecular formula is C14H12ClNO4. The molecule has 0 aliphatic carbocycles. The van der Waals surface area contributed by atoms with Gasteiger partial charge in [-0.1, -0.05) is 11.6 Å². The highest BCUT2D eigenvalue weighted by molar-refractivity contribution is 6.31. The summed E-state index contributed by atoms with van der Waals surface area (Å²) in [6.07, 6.45) is 1.46. The molecule has 0 radical (unpaired) electrons. The smallest absolute Gasteiger partial charge is 0.352 e. The first-order valence-corrected chi connectivity index (χ1v) is 6.09. The van der Waals surface area contributed by atoms with Crippen molar-refractivity contribution in [3.8, 4) is 5.75 Å². The molecule has 0 spiro atoms. The zero-order valence-electron chi connectivity index (χ0n) is 10.9. The molecule has 1 aromatic carbocycles. The molecule has 1 N–H and O–H groups in total. The van der Waals surface area contributed by atoms with Gasteiger partial charge in [0.25, 0.3) is 0 Å². The molecule has 1 heterocycles. The SMILES string of the molecule is COc1ccc(Cl)cc1C(=O)c1cc(C(=O)O)n(C)c1. The molecule has 6 heteroatoms. The number of benzene rings is 1. The molecule has 0 fully saturated rings. The number of carboxylic acid groups (broad SMARTS) is 1. The van der Waals surface area contributed by atoms with Gasteiger partial charge in [-0.15, -0.1) is 0 Å². The highest BCUT2D eigenvalue weighted by atomic mass is 35.5. The van der Waals surface area contributed by atoms with Crippen LogP contribution < -0.4 is 4.74 Å². The fraction of sp³-hybridized carbons (Fsp3) is 0.143. The maximum Gasteiger partial charge on any atom is 0.352 e. The molecule has 0 saturated carbocycles. The lowest BCUT2D eigenvalue weighted by Crippen LogP contribution is -2.03. The number of rotatable bonds is 4. The van der Waals surface area contributed by atoms with E-state index in [1.54, 1.807) is 19.2 Å². The van der Waals surface area contributed by atoms with Crippen molar-refractivity contribution in [3.05, 3.63) is 52.3 Å². The number of carbonyl (C=O) groups is 2. The molecule has 0 aliphatic heterocycles. The van der Waals surface area contributed by atoms with Crippen molar-refractivity contribution in [2.24, 2.45) is 7.05 Å². The van der Waals surface area contributed by atoms with Gasteiger partial charge in [0.2, 0.25) is 0 Å². The van der Waals surface area contributed by atoms with E-state index in [0.717, 1.165) is 0 Å². The van der Waals surface area contributed by atoms with Gasteiger partial charge in [-0.2, -0.15) is 0 Å². The van der Waals surface area contributed by atoms with Crippen LogP contribution in [0.3, 0.4) is 0 Å². The van der Waals surface area contributed by atoms with Crippen LogP contribution in [0.4, 0.5) is 0 Å². The second kappa shape index (κ2) is 5.38. The summed E-state index contributed by atoms with van der Waals surface area (Å²) in [5, 5.41) is 9.40. The number of aromatic carboxylic acids is 1. The Kier molecular flexibility index (Phi) is 3.81. The maximum atomic E-state index is 12.4. The summed E-state index contributed by atoms with van der Waals surface area (Å²) in [5.41, 5.74) is 0.599. The molecule has 0 aliphatic rings. The summed E-state index contributed by atoms with van der Waals surface area (Å²) in [7, 11) is 3.02. The zero-order valence-corrected chi connectivity index (χ0v) is 11.6. The minimum atomic E-state index is -1.09. The largest absolute Gasteiger partial charge is 0.496 e. The summed E-state index contributed by atoms with van der Waals surface area (Å²) in [4.78, 5) is 23.4. The molecule has 0 unspecified atom stereocenters. The molecule has 0 bridgehead atoms. The molecular weight excluding hydrogens is 282 g/mol. The van der Waals surface area contributed by atoms with Crippen LogP contribution >= 0.6 is 11.6 Å². The summed E-state index contributed by atoms with van der Waals surface area (Å²) in [5.74, 6) is -1.04. The predicted molar refractivity (Wildman–Crippen MR) is 73.8 cm³/mol. The molecule has 0 amide bonds. The topological polar surface area (TPSA) is 68.5 Å². The third kappa shape index (κ3) is 2.53. The predicted octanol–water partition coefficient (Wildman–Crippen LogP) is 2.62. The summed E-state index contributed by atoms with van der Waals surface area (Å²) < 4.78 is 6.51. The number of methoxy groups -OCH3 is 1. The van der Waals surface area contributed by atoms with Crippen molar-refractivity contribution in [2.75, 3.05) is 7.11 Å². The Balaban J connectivity index is 2.49. The quantitative estimate of drug-likeness (QED) is 0.880. The second-order valence-electron chi connectivity index (χ2n) is 4.20. The number of nitrogens with zero attached hydrogens (tertiary/aromatic N) is 1. The van der Waals surface area contributed by atoms with E-state index in [1.165, 1.54) is 30.0 Å². The van der Waals surface area contributed by atoms with Gasteiger partial charge in [0.15, 0.2) is 5.78 Å². The van der Waals surface area contributed by atoms with Crippen molar-refractivity contribution in [2.45, 2.75) is 0 Å². The van der Waals surface area contributed by atoms with Gasteiger partial charge in [0.05, 0.1) is 12.7 Å². The molecule has 1 aromatic heterocycles. The summed E-state index contributed by atoms with van der Waals surface area (Å²) >= 11 is 5.89. The lowest BCUT2D eigenvalue weighted by Gasteiger charge is -2.06.